The van der Waals surface area contributed by atoms with Crippen molar-refractivity contribution in [3.05, 3.63) is 41.7 Å². The molecule has 0 spiro atoms. The van der Waals surface area contributed by atoms with Crippen molar-refractivity contribution in [1.82, 2.24) is 14.7 Å². The molecule has 0 saturated heterocycles. The normalized spacial score (nSPS) is 10.5. The zero-order valence-corrected chi connectivity index (χ0v) is 14.0. The topological polar surface area (TPSA) is 84.7 Å². The first-order valence-corrected chi connectivity index (χ1v) is 7.67. The van der Waals surface area contributed by atoms with Gasteiger partial charge in [0.15, 0.2) is 0 Å². The van der Waals surface area contributed by atoms with Gasteiger partial charge in [0.1, 0.15) is 11.4 Å². The largest absolute Gasteiger partial charge is 0.494 e. The van der Waals surface area contributed by atoms with Crippen molar-refractivity contribution in [3.8, 4) is 11.4 Å². The second kappa shape index (κ2) is 7.63. The molecule has 0 saturated carbocycles. The van der Waals surface area contributed by atoms with Crippen molar-refractivity contribution in [2.45, 2.75) is 19.8 Å². The summed E-state index contributed by atoms with van der Waals surface area (Å²) in [5, 5.41) is 13.1. The van der Waals surface area contributed by atoms with E-state index in [9.17, 15) is 9.59 Å². The van der Waals surface area contributed by atoms with Crippen LogP contribution >= 0.6 is 0 Å². The quantitative estimate of drug-likeness (QED) is 0.839. The molecule has 2 aromatic rings. The van der Waals surface area contributed by atoms with Crippen LogP contribution < -0.4 is 4.74 Å². The fourth-order valence-electron chi connectivity index (χ4n) is 2.48. The summed E-state index contributed by atoms with van der Waals surface area (Å²) in [7, 11) is 3.17. The molecule has 24 heavy (non-hydrogen) atoms. The lowest BCUT2D eigenvalue weighted by Crippen LogP contribution is -2.29. The van der Waals surface area contributed by atoms with E-state index in [2.05, 4.69) is 5.10 Å². The number of para-hydroxylation sites is 2. The zero-order chi connectivity index (χ0) is 17.7. The highest BCUT2D eigenvalue weighted by Crippen LogP contribution is 2.25. The maximum absolute atomic E-state index is 12.6. The van der Waals surface area contributed by atoms with Crippen LogP contribution in [0.3, 0.4) is 0 Å². The number of hydrogen-bond donors (Lipinski definition) is 1. The van der Waals surface area contributed by atoms with Gasteiger partial charge < -0.3 is 14.7 Å². The number of aliphatic carboxylic acids is 1. The molecule has 0 bridgehead atoms. The number of carboxylic acid groups (broad SMARTS) is 1. The van der Waals surface area contributed by atoms with E-state index in [1.54, 1.807) is 18.8 Å². The Morgan fingerprint density at radius 1 is 1.33 bits per heavy atom. The predicted molar refractivity (Wildman–Crippen MR) is 88.7 cm³/mol. The second-order valence-corrected chi connectivity index (χ2v) is 5.31. The molecular formula is C17H21N3O4. The van der Waals surface area contributed by atoms with Crippen LogP contribution in [0.2, 0.25) is 0 Å². The number of ether oxygens (including phenoxy) is 1. The van der Waals surface area contributed by atoms with E-state index < -0.39 is 5.97 Å². The van der Waals surface area contributed by atoms with Crippen molar-refractivity contribution in [2.24, 2.45) is 0 Å². The summed E-state index contributed by atoms with van der Waals surface area (Å²) in [4.78, 5) is 24.7. The average Bonchev–Trinajstić information content (AvgIpc) is 3.02. The summed E-state index contributed by atoms with van der Waals surface area (Å²) in [6.45, 7) is 2.09. The van der Waals surface area contributed by atoms with Gasteiger partial charge in [-0.1, -0.05) is 19.1 Å². The maximum atomic E-state index is 12.6. The number of rotatable bonds is 7. The predicted octanol–water partition coefficient (Wildman–Crippen LogP) is 1.99. The monoisotopic (exact) mass is 331 g/mol. The lowest BCUT2D eigenvalue weighted by Gasteiger charge is -2.16. The van der Waals surface area contributed by atoms with Crippen LogP contribution in [-0.2, 0) is 11.2 Å². The van der Waals surface area contributed by atoms with Crippen LogP contribution in [-0.4, -0.2) is 52.4 Å². The molecule has 7 heteroatoms. The lowest BCUT2D eigenvalue weighted by atomic mass is 10.1. The van der Waals surface area contributed by atoms with Gasteiger partial charge >= 0.3 is 5.97 Å². The molecule has 0 unspecified atom stereocenters. The first kappa shape index (κ1) is 17.5. The van der Waals surface area contributed by atoms with E-state index in [4.69, 9.17) is 9.84 Å². The van der Waals surface area contributed by atoms with Crippen LogP contribution in [0.25, 0.3) is 5.69 Å². The average molecular weight is 331 g/mol. The third kappa shape index (κ3) is 3.56. The third-order valence-electron chi connectivity index (χ3n) is 3.76. The molecule has 1 heterocycles. The standard InChI is InChI=1S/C17H21N3O4/c1-4-13-12(17(23)19(2)10-9-16(21)22)11-18-20(13)14-7-5-6-8-15(14)24-3/h5-8,11H,4,9-10H2,1-3H3,(H,21,22). The number of carboxylic acids is 1. The number of carbonyl (C=O) groups excluding carboxylic acids is 1. The third-order valence-corrected chi connectivity index (χ3v) is 3.76. The van der Waals surface area contributed by atoms with Crippen molar-refractivity contribution in [3.63, 3.8) is 0 Å². The van der Waals surface area contributed by atoms with Gasteiger partial charge in [0, 0.05) is 13.6 Å². The van der Waals surface area contributed by atoms with E-state index in [1.165, 1.54) is 11.1 Å². The van der Waals surface area contributed by atoms with Crippen LogP contribution in [0.1, 0.15) is 29.4 Å². The Balaban J connectivity index is 2.36. The van der Waals surface area contributed by atoms with E-state index in [0.29, 0.717) is 17.7 Å². The number of amides is 1. The fourth-order valence-corrected chi connectivity index (χ4v) is 2.48. The number of aromatic nitrogens is 2. The molecule has 1 amide bonds. The van der Waals surface area contributed by atoms with Gasteiger partial charge in [-0.25, -0.2) is 4.68 Å². The highest BCUT2D eigenvalue weighted by Gasteiger charge is 2.21. The molecule has 128 valence electrons. The molecule has 2 rings (SSSR count). The van der Waals surface area contributed by atoms with Gasteiger partial charge in [-0.2, -0.15) is 5.10 Å². The Hall–Kier alpha value is -2.83. The minimum Gasteiger partial charge on any atom is -0.494 e. The Bertz CT molecular complexity index is 739. The van der Waals surface area contributed by atoms with Crippen molar-refractivity contribution in [2.75, 3.05) is 20.7 Å². The van der Waals surface area contributed by atoms with Crippen molar-refractivity contribution in [1.29, 1.82) is 0 Å². The zero-order valence-electron chi connectivity index (χ0n) is 14.0. The SMILES string of the molecule is CCc1c(C(=O)N(C)CCC(=O)O)cnn1-c1ccccc1OC. The highest BCUT2D eigenvalue weighted by molar-refractivity contribution is 5.95. The molecule has 0 radical (unpaired) electrons. The molecule has 0 fully saturated rings. The van der Waals surface area contributed by atoms with Gasteiger partial charge in [0.05, 0.1) is 31.0 Å². The van der Waals surface area contributed by atoms with Crippen molar-refractivity contribution < 1.29 is 19.4 Å². The molecule has 0 atom stereocenters. The molecule has 0 aliphatic carbocycles. The van der Waals surface area contributed by atoms with Gasteiger partial charge in [-0.15, -0.1) is 0 Å². The van der Waals surface area contributed by atoms with E-state index >= 15 is 0 Å². The summed E-state index contributed by atoms with van der Waals surface area (Å²) < 4.78 is 7.05. The smallest absolute Gasteiger partial charge is 0.305 e. The molecule has 1 N–H and O–H groups in total. The molecular weight excluding hydrogens is 310 g/mol. The number of methoxy groups -OCH3 is 1. The van der Waals surface area contributed by atoms with E-state index in [0.717, 1.165) is 11.4 Å². The second-order valence-electron chi connectivity index (χ2n) is 5.31. The van der Waals surface area contributed by atoms with Gasteiger partial charge in [0.25, 0.3) is 5.91 Å². The highest BCUT2D eigenvalue weighted by atomic mass is 16.5. The number of hydrogen-bond acceptors (Lipinski definition) is 4. The molecule has 7 nitrogen and oxygen atoms in total. The first-order valence-electron chi connectivity index (χ1n) is 7.67. The molecule has 1 aromatic carbocycles. The van der Waals surface area contributed by atoms with Gasteiger partial charge in [-0.3, -0.25) is 9.59 Å². The Morgan fingerprint density at radius 2 is 2.04 bits per heavy atom. The summed E-state index contributed by atoms with van der Waals surface area (Å²) in [5.74, 6) is -0.516. The summed E-state index contributed by atoms with van der Waals surface area (Å²) >= 11 is 0. The Morgan fingerprint density at radius 3 is 2.67 bits per heavy atom. The van der Waals surface area contributed by atoms with Gasteiger partial charge in [0.2, 0.25) is 0 Å². The minimum absolute atomic E-state index is 0.0929. The molecule has 1 aromatic heterocycles. The number of nitrogens with zero attached hydrogens (tertiary/aromatic N) is 3. The van der Waals surface area contributed by atoms with Gasteiger partial charge in [-0.05, 0) is 18.6 Å². The lowest BCUT2D eigenvalue weighted by molar-refractivity contribution is -0.137. The fraction of sp³-hybridized carbons (Fsp3) is 0.353. The Labute approximate surface area is 140 Å². The van der Waals surface area contributed by atoms with Crippen LogP contribution in [0.15, 0.2) is 30.5 Å². The minimum atomic E-state index is -0.935. The van der Waals surface area contributed by atoms with Crippen molar-refractivity contribution >= 4 is 11.9 Å². The molecule has 0 aliphatic rings. The van der Waals surface area contributed by atoms with Crippen LogP contribution in [0, 0.1) is 0 Å². The number of carbonyl (C=O) groups is 2. The summed E-state index contributed by atoms with van der Waals surface area (Å²) in [5.41, 5.74) is 1.98. The van der Waals surface area contributed by atoms with Crippen LogP contribution in [0.4, 0.5) is 0 Å². The Kier molecular flexibility index (Phi) is 5.57. The first-order chi connectivity index (χ1) is 11.5. The van der Waals surface area contributed by atoms with Crippen LogP contribution in [0.5, 0.6) is 5.75 Å². The van der Waals surface area contributed by atoms with E-state index in [-0.39, 0.29) is 18.9 Å². The summed E-state index contributed by atoms with van der Waals surface area (Å²) in [6.07, 6.45) is 2.03. The maximum Gasteiger partial charge on any atom is 0.305 e. The van der Waals surface area contributed by atoms with E-state index in [1.807, 2.05) is 31.2 Å². The number of benzene rings is 1. The summed E-state index contributed by atoms with van der Waals surface area (Å²) in [6, 6.07) is 7.44. The molecule has 0 aliphatic heterocycles.